The van der Waals surface area contributed by atoms with Gasteiger partial charge in [-0.15, -0.1) is 0 Å². The van der Waals surface area contributed by atoms with Crippen LogP contribution in [0.3, 0.4) is 0 Å². The zero-order valence-corrected chi connectivity index (χ0v) is 13.3. The van der Waals surface area contributed by atoms with Crippen molar-refractivity contribution in [2.75, 3.05) is 22.9 Å². The zero-order chi connectivity index (χ0) is 16.0. The minimum absolute atomic E-state index is 0.416. The second kappa shape index (κ2) is 5.20. The lowest BCUT2D eigenvalue weighted by molar-refractivity contribution is 0.290. The molecule has 0 saturated carbocycles. The number of piperidine rings is 1. The minimum atomic E-state index is 0.416. The van der Waals surface area contributed by atoms with E-state index in [0.29, 0.717) is 17.8 Å². The molecule has 5 rings (SSSR count). The fourth-order valence-corrected chi connectivity index (χ4v) is 3.71. The van der Waals surface area contributed by atoms with Gasteiger partial charge in [0.2, 0.25) is 0 Å². The van der Waals surface area contributed by atoms with Crippen molar-refractivity contribution in [3.05, 3.63) is 41.6 Å². The van der Waals surface area contributed by atoms with Crippen LogP contribution in [-0.2, 0) is 0 Å². The molecule has 0 N–H and O–H groups in total. The Morgan fingerprint density at radius 2 is 1.96 bits per heavy atom. The third-order valence-corrected chi connectivity index (χ3v) is 4.97. The largest absolute Gasteiger partial charge is 0.359 e. The molecule has 116 valence electrons. The fraction of sp³-hybridized carbons (Fsp3) is 0.412. The number of fused-ring (bicyclic) bond motifs is 2. The van der Waals surface area contributed by atoms with Crippen LogP contribution in [0.5, 0.6) is 0 Å². The number of nitriles is 1. The van der Waals surface area contributed by atoms with Gasteiger partial charge in [-0.1, -0.05) is 0 Å². The average Bonchev–Trinajstić information content (AvgIpc) is 2.58. The van der Waals surface area contributed by atoms with Crippen LogP contribution >= 0.6 is 0 Å². The van der Waals surface area contributed by atoms with Gasteiger partial charge in [-0.3, -0.25) is 0 Å². The molecule has 2 bridgehead atoms. The SMILES string of the molecule is Cc1ncnc(N2CC3CC(C2)N3c2cccnc2C#N)c1C. The van der Waals surface area contributed by atoms with Crippen molar-refractivity contribution in [3.63, 3.8) is 0 Å². The molecular formula is C17H18N6. The average molecular weight is 306 g/mol. The normalized spacial score (nSPS) is 22.5. The first-order valence-corrected chi connectivity index (χ1v) is 7.85. The van der Waals surface area contributed by atoms with Crippen LogP contribution in [0.4, 0.5) is 11.5 Å². The van der Waals surface area contributed by atoms with Crippen molar-refractivity contribution in [2.24, 2.45) is 0 Å². The number of aryl methyl sites for hydroxylation is 1. The van der Waals surface area contributed by atoms with Crippen molar-refractivity contribution in [3.8, 4) is 6.07 Å². The molecule has 2 unspecified atom stereocenters. The van der Waals surface area contributed by atoms with E-state index in [1.165, 1.54) is 6.42 Å². The topological polar surface area (TPSA) is 68.9 Å². The maximum atomic E-state index is 9.28. The Balaban J connectivity index is 1.59. The molecule has 0 amide bonds. The monoisotopic (exact) mass is 306 g/mol. The number of anilines is 2. The molecule has 3 fully saturated rings. The highest BCUT2D eigenvalue weighted by Crippen LogP contribution is 2.39. The van der Waals surface area contributed by atoms with E-state index in [9.17, 15) is 5.26 Å². The minimum Gasteiger partial charge on any atom is -0.359 e. The Kier molecular flexibility index (Phi) is 3.15. The first-order chi connectivity index (χ1) is 11.2. The molecular weight excluding hydrogens is 288 g/mol. The Labute approximate surface area is 135 Å². The molecule has 0 aliphatic carbocycles. The summed E-state index contributed by atoms with van der Waals surface area (Å²) in [6.45, 7) is 5.95. The predicted molar refractivity (Wildman–Crippen MR) is 87.3 cm³/mol. The Morgan fingerprint density at radius 1 is 1.17 bits per heavy atom. The van der Waals surface area contributed by atoms with Crippen LogP contribution in [0.25, 0.3) is 0 Å². The van der Waals surface area contributed by atoms with E-state index < -0.39 is 0 Å². The third kappa shape index (κ3) is 2.12. The molecule has 0 aromatic carbocycles. The summed E-state index contributed by atoms with van der Waals surface area (Å²) in [6.07, 6.45) is 4.49. The highest BCUT2D eigenvalue weighted by Gasteiger charge is 2.46. The number of pyridine rings is 1. The smallest absolute Gasteiger partial charge is 0.163 e. The number of aromatic nitrogens is 3. The van der Waals surface area contributed by atoms with Gasteiger partial charge in [0.15, 0.2) is 5.69 Å². The molecule has 2 aromatic heterocycles. The van der Waals surface area contributed by atoms with Crippen LogP contribution in [0.2, 0.25) is 0 Å². The Morgan fingerprint density at radius 3 is 2.70 bits per heavy atom. The van der Waals surface area contributed by atoms with E-state index in [0.717, 1.165) is 35.9 Å². The van der Waals surface area contributed by atoms with Crippen LogP contribution in [0.15, 0.2) is 24.7 Å². The summed E-state index contributed by atoms with van der Waals surface area (Å²) in [5.41, 5.74) is 3.67. The Bertz CT molecular complexity index is 784. The first kappa shape index (κ1) is 13.9. The summed E-state index contributed by atoms with van der Waals surface area (Å²) < 4.78 is 0. The van der Waals surface area contributed by atoms with Gasteiger partial charge in [0.05, 0.1) is 5.69 Å². The molecule has 2 aromatic rings. The molecule has 6 nitrogen and oxygen atoms in total. The number of rotatable bonds is 2. The molecule has 5 heterocycles. The number of hydrogen-bond acceptors (Lipinski definition) is 6. The Hall–Kier alpha value is -2.68. The maximum Gasteiger partial charge on any atom is 0.163 e. The molecule has 3 aliphatic rings. The van der Waals surface area contributed by atoms with Crippen LogP contribution < -0.4 is 9.80 Å². The zero-order valence-electron chi connectivity index (χ0n) is 13.3. The quantitative estimate of drug-likeness (QED) is 0.843. The summed E-state index contributed by atoms with van der Waals surface area (Å²) >= 11 is 0. The summed E-state index contributed by atoms with van der Waals surface area (Å²) in [5.74, 6) is 1.04. The van der Waals surface area contributed by atoms with Gasteiger partial charge in [0.25, 0.3) is 0 Å². The molecule has 0 radical (unpaired) electrons. The second-order valence-corrected chi connectivity index (χ2v) is 6.25. The highest BCUT2D eigenvalue weighted by molar-refractivity contribution is 5.62. The summed E-state index contributed by atoms with van der Waals surface area (Å²) in [4.78, 5) is 17.6. The van der Waals surface area contributed by atoms with Gasteiger partial charge in [-0.05, 0) is 32.4 Å². The van der Waals surface area contributed by atoms with Gasteiger partial charge in [0, 0.05) is 42.6 Å². The molecule has 2 atom stereocenters. The lowest BCUT2D eigenvalue weighted by Gasteiger charge is -2.58. The van der Waals surface area contributed by atoms with Crippen LogP contribution in [-0.4, -0.2) is 40.1 Å². The lowest BCUT2D eigenvalue weighted by Crippen LogP contribution is -2.69. The first-order valence-electron chi connectivity index (χ1n) is 7.85. The van der Waals surface area contributed by atoms with E-state index in [1.54, 1.807) is 12.5 Å². The van der Waals surface area contributed by atoms with Gasteiger partial charge in [-0.2, -0.15) is 5.26 Å². The summed E-state index contributed by atoms with van der Waals surface area (Å²) in [6, 6.07) is 6.94. The molecule has 3 saturated heterocycles. The van der Waals surface area contributed by atoms with E-state index >= 15 is 0 Å². The van der Waals surface area contributed by atoms with Gasteiger partial charge in [0.1, 0.15) is 18.2 Å². The number of hydrogen-bond donors (Lipinski definition) is 0. The standard InChI is InChI=1S/C17H18N6/c1-11-12(2)20-10-21-17(11)22-8-13-6-14(9-22)23(13)16-4-3-5-19-15(16)7-18/h3-5,10,13-14H,6,8-9H2,1-2H3. The summed E-state index contributed by atoms with van der Waals surface area (Å²) in [5, 5.41) is 9.28. The fourth-order valence-electron chi connectivity index (χ4n) is 3.71. The van der Waals surface area contributed by atoms with E-state index in [2.05, 4.69) is 37.7 Å². The third-order valence-electron chi connectivity index (χ3n) is 4.97. The molecule has 23 heavy (non-hydrogen) atoms. The van der Waals surface area contributed by atoms with Crippen molar-refractivity contribution in [1.82, 2.24) is 15.0 Å². The van der Waals surface area contributed by atoms with Gasteiger partial charge >= 0.3 is 0 Å². The van der Waals surface area contributed by atoms with E-state index in [-0.39, 0.29) is 0 Å². The van der Waals surface area contributed by atoms with Crippen LogP contribution in [0.1, 0.15) is 23.4 Å². The maximum absolute atomic E-state index is 9.28. The van der Waals surface area contributed by atoms with Gasteiger partial charge in [-0.25, -0.2) is 15.0 Å². The van der Waals surface area contributed by atoms with E-state index in [4.69, 9.17) is 0 Å². The van der Waals surface area contributed by atoms with Crippen molar-refractivity contribution < 1.29 is 0 Å². The molecule has 6 heteroatoms. The second-order valence-electron chi connectivity index (χ2n) is 6.25. The molecule has 3 aliphatic heterocycles. The lowest BCUT2D eigenvalue weighted by atomic mass is 9.86. The molecule has 0 spiro atoms. The predicted octanol–water partition coefficient (Wildman–Crippen LogP) is 1.83. The van der Waals surface area contributed by atoms with E-state index in [1.807, 2.05) is 19.1 Å². The van der Waals surface area contributed by atoms with Gasteiger partial charge < -0.3 is 9.80 Å². The summed E-state index contributed by atoms with van der Waals surface area (Å²) in [7, 11) is 0. The van der Waals surface area contributed by atoms with Crippen molar-refractivity contribution in [2.45, 2.75) is 32.4 Å². The number of nitrogens with zero attached hydrogens (tertiary/aromatic N) is 6. The number of piperazine rings is 1. The van der Waals surface area contributed by atoms with Crippen molar-refractivity contribution in [1.29, 1.82) is 5.26 Å². The van der Waals surface area contributed by atoms with Crippen LogP contribution in [0, 0.1) is 25.2 Å². The van der Waals surface area contributed by atoms with Crippen molar-refractivity contribution >= 4 is 11.5 Å². The highest BCUT2D eigenvalue weighted by atomic mass is 15.4.